The number of rotatable bonds is 4. The molecule has 0 saturated heterocycles. The number of ether oxygens (including phenoxy) is 1. The SMILES string of the molecule is COc1ccc(C#CCN)cc1CSc1ncccc1Br. The standard InChI is InChI=1S/C16H15BrN2OS/c1-20-15-7-6-12(4-2-8-18)10-13(15)11-21-16-14(17)5-3-9-19-16/h3,5-7,9-10H,8,11,18H2,1H3. The minimum atomic E-state index is 0.358. The second kappa shape index (κ2) is 8.08. The molecule has 0 atom stereocenters. The van der Waals surface area contributed by atoms with E-state index in [9.17, 15) is 0 Å². The first-order valence-corrected chi connectivity index (χ1v) is 8.11. The van der Waals surface area contributed by atoms with Crippen LogP contribution in [0.1, 0.15) is 11.1 Å². The Morgan fingerprint density at radius 2 is 2.24 bits per heavy atom. The van der Waals surface area contributed by atoms with Crippen molar-refractivity contribution in [2.24, 2.45) is 5.73 Å². The zero-order chi connectivity index (χ0) is 15.1. The molecule has 0 aliphatic carbocycles. The summed E-state index contributed by atoms with van der Waals surface area (Å²) in [5, 5.41) is 0.956. The first-order valence-electron chi connectivity index (χ1n) is 6.33. The number of nitrogens with zero attached hydrogens (tertiary/aromatic N) is 1. The summed E-state index contributed by atoms with van der Waals surface area (Å²) in [5.74, 6) is 7.52. The molecular weight excluding hydrogens is 348 g/mol. The van der Waals surface area contributed by atoms with Crippen molar-refractivity contribution in [1.82, 2.24) is 4.98 Å². The highest BCUT2D eigenvalue weighted by molar-refractivity contribution is 9.10. The summed E-state index contributed by atoms with van der Waals surface area (Å²) in [5.41, 5.74) is 7.43. The van der Waals surface area contributed by atoms with Crippen molar-refractivity contribution >= 4 is 27.7 Å². The van der Waals surface area contributed by atoms with Crippen molar-refractivity contribution in [3.05, 3.63) is 52.1 Å². The Bertz CT molecular complexity index is 679. The second-order valence-corrected chi connectivity index (χ2v) is 5.93. The Morgan fingerprint density at radius 3 is 2.95 bits per heavy atom. The fourth-order valence-corrected chi connectivity index (χ4v) is 3.20. The molecule has 0 aliphatic heterocycles. The molecule has 2 aromatic rings. The summed E-state index contributed by atoms with van der Waals surface area (Å²) in [6.45, 7) is 0.358. The number of benzene rings is 1. The zero-order valence-corrected chi connectivity index (χ0v) is 14.0. The maximum Gasteiger partial charge on any atom is 0.122 e. The van der Waals surface area contributed by atoms with Gasteiger partial charge in [0, 0.05) is 27.5 Å². The van der Waals surface area contributed by atoms with Crippen molar-refractivity contribution in [1.29, 1.82) is 0 Å². The molecule has 21 heavy (non-hydrogen) atoms. The van der Waals surface area contributed by atoms with Crippen LogP contribution in [0.3, 0.4) is 0 Å². The third kappa shape index (κ3) is 4.50. The van der Waals surface area contributed by atoms with Gasteiger partial charge in [0.2, 0.25) is 0 Å². The summed E-state index contributed by atoms with van der Waals surface area (Å²) >= 11 is 5.15. The van der Waals surface area contributed by atoms with E-state index >= 15 is 0 Å². The van der Waals surface area contributed by atoms with Crippen LogP contribution >= 0.6 is 27.7 Å². The van der Waals surface area contributed by atoms with Crippen LogP contribution in [0.25, 0.3) is 0 Å². The predicted octanol–water partition coefficient (Wildman–Crippen LogP) is 3.46. The van der Waals surface area contributed by atoms with Gasteiger partial charge in [-0.15, -0.1) is 11.8 Å². The van der Waals surface area contributed by atoms with Gasteiger partial charge in [-0.1, -0.05) is 11.8 Å². The van der Waals surface area contributed by atoms with Crippen LogP contribution in [0.5, 0.6) is 5.75 Å². The molecule has 0 unspecified atom stereocenters. The van der Waals surface area contributed by atoms with E-state index in [0.29, 0.717) is 6.54 Å². The van der Waals surface area contributed by atoms with E-state index < -0.39 is 0 Å². The molecule has 0 fully saturated rings. The van der Waals surface area contributed by atoms with Crippen LogP contribution in [0, 0.1) is 11.8 Å². The van der Waals surface area contributed by atoms with Gasteiger partial charge in [-0.05, 0) is 46.3 Å². The van der Waals surface area contributed by atoms with Gasteiger partial charge in [0.25, 0.3) is 0 Å². The van der Waals surface area contributed by atoms with Gasteiger partial charge < -0.3 is 10.5 Å². The monoisotopic (exact) mass is 362 g/mol. The number of thioether (sulfide) groups is 1. The van der Waals surface area contributed by atoms with Crippen LogP contribution in [-0.2, 0) is 5.75 Å². The lowest BCUT2D eigenvalue weighted by molar-refractivity contribution is 0.411. The van der Waals surface area contributed by atoms with E-state index in [1.54, 1.807) is 25.1 Å². The van der Waals surface area contributed by atoms with Crippen LogP contribution < -0.4 is 10.5 Å². The number of methoxy groups -OCH3 is 1. The van der Waals surface area contributed by atoms with Crippen molar-refractivity contribution in [3.63, 3.8) is 0 Å². The molecule has 3 nitrogen and oxygen atoms in total. The Morgan fingerprint density at radius 1 is 1.38 bits per heavy atom. The Hall–Kier alpha value is -1.48. The number of nitrogens with two attached hydrogens (primary N) is 1. The van der Waals surface area contributed by atoms with E-state index in [-0.39, 0.29) is 0 Å². The van der Waals surface area contributed by atoms with Crippen molar-refractivity contribution in [2.75, 3.05) is 13.7 Å². The highest BCUT2D eigenvalue weighted by Gasteiger charge is 2.07. The lowest BCUT2D eigenvalue weighted by Gasteiger charge is -2.09. The lowest BCUT2D eigenvalue weighted by Crippen LogP contribution is -1.94. The molecule has 1 aromatic heterocycles. The van der Waals surface area contributed by atoms with Crippen LogP contribution in [0.4, 0.5) is 0 Å². The topological polar surface area (TPSA) is 48.1 Å². The Balaban J connectivity index is 2.19. The van der Waals surface area contributed by atoms with Crippen molar-refractivity contribution in [3.8, 4) is 17.6 Å². The van der Waals surface area contributed by atoms with Gasteiger partial charge in [0.1, 0.15) is 10.8 Å². The smallest absolute Gasteiger partial charge is 0.122 e. The number of aromatic nitrogens is 1. The highest BCUT2D eigenvalue weighted by Crippen LogP contribution is 2.31. The first kappa shape index (κ1) is 15.9. The van der Waals surface area contributed by atoms with Crippen LogP contribution in [-0.4, -0.2) is 18.6 Å². The van der Waals surface area contributed by atoms with Gasteiger partial charge in [-0.3, -0.25) is 0 Å². The number of hydrogen-bond donors (Lipinski definition) is 1. The molecule has 1 heterocycles. The second-order valence-electron chi connectivity index (χ2n) is 4.11. The van der Waals surface area contributed by atoms with E-state index in [1.165, 1.54) is 0 Å². The Kier molecular flexibility index (Phi) is 6.12. The maximum absolute atomic E-state index is 5.41. The Labute approximate surface area is 137 Å². The summed E-state index contributed by atoms with van der Waals surface area (Å²) in [4.78, 5) is 4.35. The molecule has 0 aliphatic rings. The fraction of sp³-hybridized carbons (Fsp3) is 0.188. The van der Waals surface area contributed by atoms with Crippen molar-refractivity contribution in [2.45, 2.75) is 10.8 Å². The fourth-order valence-electron chi connectivity index (χ4n) is 1.75. The minimum absolute atomic E-state index is 0.358. The lowest BCUT2D eigenvalue weighted by atomic mass is 10.1. The zero-order valence-electron chi connectivity index (χ0n) is 11.6. The molecule has 0 spiro atoms. The van der Waals surface area contributed by atoms with Crippen LogP contribution in [0.2, 0.25) is 0 Å². The quantitative estimate of drug-likeness (QED) is 0.668. The molecule has 2 N–H and O–H groups in total. The number of halogens is 1. The third-order valence-electron chi connectivity index (χ3n) is 2.70. The van der Waals surface area contributed by atoms with E-state index in [1.807, 2.05) is 30.3 Å². The highest BCUT2D eigenvalue weighted by atomic mass is 79.9. The first-order chi connectivity index (χ1) is 10.2. The van der Waals surface area contributed by atoms with Crippen molar-refractivity contribution < 1.29 is 4.74 Å². The summed E-state index contributed by atoms with van der Waals surface area (Å²) < 4.78 is 6.40. The molecule has 0 bridgehead atoms. The molecule has 0 amide bonds. The van der Waals surface area contributed by atoms with Gasteiger partial charge in [0.05, 0.1) is 13.7 Å². The largest absolute Gasteiger partial charge is 0.496 e. The third-order valence-corrected chi connectivity index (χ3v) is 4.66. The van der Waals surface area contributed by atoms with E-state index in [0.717, 1.165) is 32.1 Å². The molecular formula is C16H15BrN2OS. The van der Waals surface area contributed by atoms with Gasteiger partial charge in [-0.25, -0.2) is 4.98 Å². The van der Waals surface area contributed by atoms with Gasteiger partial charge in [0.15, 0.2) is 0 Å². The van der Waals surface area contributed by atoms with E-state index in [4.69, 9.17) is 10.5 Å². The van der Waals surface area contributed by atoms with Crippen LogP contribution in [0.15, 0.2) is 46.0 Å². The molecule has 0 saturated carbocycles. The summed E-state index contributed by atoms with van der Waals surface area (Å²) in [7, 11) is 1.67. The minimum Gasteiger partial charge on any atom is -0.496 e. The summed E-state index contributed by atoms with van der Waals surface area (Å²) in [6.07, 6.45) is 1.79. The molecule has 1 aromatic carbocycles. The molecule has 0 radical (unpaired) electrons. The normalized spacial score (nSPS) is 9.86. The van der Waals surface area contributed by atoms with Gasteiger partial charge in [-0.2, -0.15) is 0 Å². The average molecular weight is 363 g/mol. The number of pyridine rings is 1. The molecule has 5 heteroatoms. The molecule has 2 rings (SSSR count). The summed E-state index contributed by atoms with van der Waals surface area (Å²) in [6, 6.07) is 9.79. The van der Waals surface area contributed by atoms with Gasteiger partial charge >= 0.3 is 0 Å². The maximum atomic E-state index is 5.41. The van der Waals surface area contributed by atoms with E-state index in [2.05, 4.69) is 32.8 Å². The molecule has 108 valence electrons. The average Bonchev–Trinajstić information content (AvgIpc) is 2.52. The number of hydrogen-bond acceptors (Lipinski definition) is 4. The predicted molar refractivity (Wildman–Crippen MR) is 90.4 cm³/mol.